The first-order valence-electron chi connectivity index (χ1n) is 5.15. The van der Waals surface area contributed by atoms with Crippen molar-refractivity contribution in [2.24, 2.45) is 0 Å². The van der Waals surface area contributed by atoms with Gasteiger partial charge in [-0.2, -0.15) is 0 Å². The molecular formula is C12H16O3. The standard InChI is InChI=1S/C12H16O3/c1-2-10-4-6-11(7-5-10)12(14)15-9-3-8-13/h4-7,13H,2-3,8-9H2,1H3. The summed E-state index contributed by atoms with van der Waals surface area (Å²) in [6, 6.07) is 7.37. The van der Waals surface area contributed by atoms with Crippen LogP contribution < -0.4 is 0 Å². The van der Waals surface area contributed by atoms with E-state index in [1.165, 1.54) is 5.56 Å². The summed E-state index contributed by atoms with van der Waals surface area (Å²) in [6.45, 7) is 2.38. The molecule has 3 nitrogen and oxygen atoms in total. The van der Waals surface area contributed by atoms with Gasteiger partial charge in [0.15, 0.2) is 0 Å². The number of ether oxygens (including phenoxy) is 1. The van der Waals surface area contributed by atoms with Gasteiger partial charge in [0, 0.05) is 13.0 Å². The lowest BCUT2D eigenvalue weighted by Gasteiger charge is -2.04. The molecule has 0 saturated carbocycles. The van der Waals surface area contributed by atoms with Crippen LogP contribution in [0, 0.1) is 0 Å². The van der Waals surface area contributed by atoms with Crippen LogP contribution in [0.2, 0.25) is 0 Å². The van der Waals surface area contributed by atoms with Crippen molar-refractivity contribution in [1.82, 2.24) is 0 Å². The Balaban J connectivity index is 2.50. The maximum absolute atomic E-state index is 11.4. The van der Waals surface area contributed by atoms with E-state index in [0.717, 1.165) is 6.42 Å². The first kappa shape index (κ1) is 11.7. The molecule has 3 heteroatoms. The Morgan fingerprint density at radius 3 is 2.53 bits per heavy atom. The van der Waals surface area contributed by atoms with Crippen LogP contribution in [0.4, 0.5) is 0 Å². The number of hydrogen-bond donors (Lipinski definition) is 1. The lowest BCUT2D eigenvalue weighted by molar-refractivity contribution is 0.0482. The Morgan fingerprint density at radius 2 is 2.00 bits per heavy atom. The van der Waals surface area contributed by atoms with Crippen molar-refractivity contribution in [3.8, 4) is 0 Å². The van der Waals surface area contributed by atoms with Gasteiger partial charge in [-0.3, -0.25) is 0 Å². The number of rotatable bonds is 5. The third-order valence-corrected chi connectivity index (χ3v) is 2.13. The lowest BCUT2D eigenvalue weighted by Crippen LogP contribution is -2.07. The third kappa shape index (κ3) is 3.72. The predicted molar refractivity (Wildman–Crippen MR) is 57.8 cm³/mol. The Bertz CT molecular complexity index is 303. The van der Waals surface area contributed by atoms with Crippen molar-refractivity contribution in [2.75, 3.05) is 13.2 Å². The smallest absolute Gasteiger partial charge is 0.338 e. The van der Waals surface area contributed by atoms with Crippen LogP contribution in [0.3, 0.4) is 0 Å². The molecule has 0 aliphatic heterocycles. The van der Waals surface area contributed by atoms with Crippen molar-refractivity contribution < 1.29 is 14.6 Å². The zero-order valence-electron chi connectivity index (χ0n) is 8.90. The molecule has 0 atom stereocenters. The quantitative estimate of drug-likeness (QED) is 0.592. The molecule has 1 aromatic carbocycles. The Morgan fingerprint density at radius 1 is 1.33 bits per heavy atom. The van der Waals surface area contributed by atoms with Gasteiger partial charge in [-0.15, -0.1) is 0 Å². The minimum absolute atomic E-state index is 0.0437. The molecule has 1 aromatic rings. The maximum Gasteiger partial charge on any atom is 0.338 e. The summed E-state index contributed by atoms with van der Waals surface area (Å²) in [4.78, 5) is 11.4. The fourth-order valence-corrected chi connectivity index (χ4v) is 1.19. The summed E-state index contributed by atoms with van der Waals surface area (Å²) < 4.78 is 4.94. The predicted octanol–water partition coefficient (Wildman–Crippen LogP) is 1.79. The van der Waals surface area contributed by atoms with Crippen molar-refractivity contribution in [3.63, 3.8) is 0 Å². The number of benzene rings is 1. The van der Waals surface area contributed by atoms with Gasteiger partial charge < -0.3 is 9.84 Å². The number of hydrogen-bond acceptors (Lipinski definition) is 3. The molecular weight excluding hydrogens is 192 g/mol. The van der Waals surface area contributed by atoms with Crippen molar-refractivity contribution in [1.29, 1.82) is 0 Å². The molecule has 15 heavy (non-hydrogen) atoms. The summed E-state index contributed by atoms with van der Waals surface area (Å²) in [5, 5.41) is 8.53. The zero-order chi connectivity index (χ0) is 11.1. The zero-order valence-corrected chi connectivity index (χ0v) is 8.90. The molecule has 0 heterocycles. The van der Waals surface area contributed by atoms with E-state index in [1.54, 1.807) is 12.1 Å². The first-order chi connectivity index (χ1) is 7.27. The van der Waals surface area contributed by atoms with E-state index in [-0.39, 0.29) is 19.2 Å². The van der Waals surface area contributed by atoms with Gasteiger partial charge in [0.25, 0.3) is 0 Å². The summed E-state index contributed by atoms with van der Waals surface area (Å²) in [5.74, 6) is -0.328. The Kier molecular flexibility index (Phi) is 4.84. The molecule has 82 valence electrons. The number of aliphatic hydroxyl groups is 1. The molecule has 0 radical (unpaired) electrons. The Hall–Kier alpha value is -1.35. The van der Waals surface area contributed by atoms with E-state index in [0.29, 0.717) is 12.0 Å². The number of carbonyl (C=O) groups is 1. The topological polar surface area (TPSA) is 46.5 Å². The van der Waals surface area contributed by atoms with E-state index in [2.05, 4.69) is 6.92 Å². The fraction of sp³-hybridized carbons (Fsp3) is 0.417. The van der Waals surface area contributed by atoms with Crippen molar-refractivity contribution >= 4 is 5.97 Å². The van der Waals surface area contributed by atoms with Crippen LogP contribution in [0.5, 0.6) is 0 Å². The second-order valence-corrected chi connectivity index (χ2v) is 3.26. The fourth-order valence-electron chi connectivity index (χ4n) is 1.19. The van der Waals surface area contributed by atoms with Crippen LogP contribution >= 0.6 is 0 Å². The van der Waals surface area contributed by atoms with Crippen LogP contribution in [-0.4, -0.2) is 24.3 Å². The molecule has 0 aromatic heterocycles. The summed E-state index contributed by atoms with van der Waals surface area (Å²) in [6.07, 6.45) is 1.44. The normalized spacial score (nSPS) is 10.0. The molecule has 1 N–H and O–H groups in total. The molecule has 1 rings (SSSR count). The highest BCUT2D eigenvalue weighted by molar-refractivity contribution is 5.89. The molecule has 0 aliphatic rings. The van der Waals surface area contributed by atoms with Gasteiger partial charge in [0.05, 0.1) is 12.2 Å². The minimum Gasteiger partial charge on any atom is -0.462 e. The highest BCUT2D eigenvalue weighted by Crippen LogP contribution is 2.06. The molecule has 0 fully saturated rings. The number of aliphatic hydroxyl groups excluding tert-OH is 1. The van der Waals surface area contributed by atoms with E-state index in [1.807, 2.05) is 12.1 Å². The van der Waals surface area contributed by atoms with Gasteiger partial charge in [0.2, 0.25) is 0 Å². The van der Waals surface area contributed by atoms with E-state index in [9.17, 15) is 4.79 Å². The van der Waals surface area contributed by atoms with E-state index < -0.39 is 0 Å². The summed E-state index contributed by atoms with van der Waals surface area (Å²) >= 11 is 0. The van der Waals surface area contributed by atoms with Crippen molar-refractivity contribution in [3.05, 3.63) is 35.4 Å². The molecule has 0 amide bonds. The van der Waals surface area contributed by atoms with Gasteiger partial charge in [-0.25, -0.2) is 4.79 Å². The summed E-state index contributed by atoms with van der Waals surface area (Å²) in [5.41, 5.74) is 1.76. The van der Waals surface area contributed by atoms with Gasteiger partial charge in [-0.05, 0) is 24.1 Å². The molecule has 0 unspecified atom stereocenters. The molecule has 0 saturated heterocycles. The van der Waals surface area contributed by atoms with Crippen LogP contribution in [0.15, 0.2) is 24.3 Å². The summed E-state index contributed by atoms with van der Waals surface area (Å²) in [7, 11) is 0. The minimum atomic E-state index is -0.328. The molecule has 0 bridgehead atoms. The van der Waals surface area contributed by atoms with Gasteiger partial charge in [0.1, 0.15) is 0 Å². The van der Waals surface area contributed by atoms with Crippen molar-refractivity contribution in [2.45, 2.75) is 19.8 Å². The average molecular weight is 208 g/mol. The monoisotopic (exact) mass is 208 g/mol. The second-order valence-electron chi connectivity index (χ2n) is 3.26. The third-order valence-electron chi connectivity index (χ3n) is 2.13. The second kappa shape index (κ2) is 6.19. The lowest BCUT2D eigenvalue weighted by atomic mass is 10.1. The average Bonchev–Trinajstić information content (AvgIpc) is 2.29. The van der Waals surface area contributed by atoms with Crippen LogP contribution in [0.1, 0.15) is 29.3 Å². The Labute approximate surface area is 89.7 Å². The first-order valence-corrected chi connectivity index (χ1v) is 5.15. The number of carbonyl (C=O) groups excluding carboxylic acids is 1. The van der Waals surface area contributed by atoms with E-state index >= 15 is 0 Å². The molecule has 0 spiro atoms. The van der Waals surface area contributed by atoms with Crippen LogP contribution in [-0.2, 0) is 11.2 Å². The van der Waals surface area contributed by atoms with Gasteiger partial charge in [-0.1, -0.05) is 19.1 Å². The SMILES string of the molecule is CCc1ccc(C(=O)OCCCO)cc1. The highest BCUT2D eigenvalue weighted by Gasteiger charge is 2.05. The largest absolute Gasteiger partial charge is 0.462 e. The number of aryl methyl sites for hydroxylation is 1. The van der Waals surface area contributed by atoms with Gasteiger partial charge >= 0.3 is 5.97 Å². The maximum atomic E-state index is 11.4. The molecule has 0 aliphatic carbocycles. The van der Waals surface area contributed by atoms with E-state index in [4.69, 9.17) is 9.84 Å². The highest BCUT2D eigenvalue weighted by atomic mass is 16.5. The number of esters is 1. The van der Waals surface area contributed by atoms with Crippen LogP contribution in [0.25, 0.3) is 0 Å².